The Morgan fingerprint density at radius 1 is 0.833 bits per heavy atom. The van der Waals surface area contributed by atoms with Gasteiger partial charge in [-0.25, -0.2) is 0 Å². The van der Waals surface area contributed by atoms with Crippen molar-refractivity contribution in [3.63, 3.8) is 0 Å². The molecule has 0 aliphatic heterocycles. The van der Waals surface area contributed by atoms with Gasteiger partial charge < -0.3 is 28.7 Å². The summed E-state index contributed by atoms with van der Waals surface area (Å²) < 4.78 is 0. The fourth-order valence-electron chi connectivity index (χ4n) is 1.71. The fourth-order valence-corrected chi connectivity index (χ4v) is 1.71. The van der Waals surface area contributed by atoms with Crippen LogP contribution in [0.15, 0.2) is 0 Å². The third-order valence-corrected chi connectivity index (χ3v) is 3.42. The molecule has 0 aliphatic carbocycles. The first kappa shape index (κ1) is 17.7. The van der Waals surface area contributed by atoms with Gasteiger partial charge in [-0.15, -0.1) is 0 Å². The summed E-state index contributed by atoms with van der Waals surface area (Å²) in [5.41, 5.74) is 42.3. The quantitative estimate of drug-likeness (QED) is 0.167. The van der Waals surface area contributed by atoms with E-state index in [0.717, 1.165) is 25.7 Å². The molecule has 0 aromatic carbocycles. The molecule has 0 saturated carbocycles. The average Bonchev–Trinajstić information content (AvgIpc) is 2.22. The van der Waals surface area contributed by atoms with Crippen LogP contribution in [0, 0.1) is 0 Å². The Hall–Kier alpha value is -0.320. The topological polar surface area (TPSA) is 208 Å². The summed E-state index contributed by atoms with van der Waals surface area (Å²) in [5, 5.41) is 0. The van der Waals surface area contributed by atoms with Crippen molar-refractivity contribution < 1.29 is 0 Å². The van der Waals surface area contributed by atoms with E-state index in [1.54, 1.807) is 0 Å². The lowest BCUT2D eigenvalue weighted by Crippen LogP contribution is -2.94. The van der Waals surface area contributed by atoms with Gasteiger partial charge in [-0.2, -0.15) is 0 Å². The predicted octanol–water partition coefficient (Wildman–Crippen LogP) is -2.96. The molecule has 8 nitrogen and oxygen atoms in total. The maximum absolute atomic E-state index is 5.94. The second kappa shape index (κ2) is 6.22. The van der Waals surface area contributed by atoms with E-state index in [2.05, 4.69) is 6.92 Å². The highest BCUT2D eigenvalue weighted by molar-refractivity contribution is 5.13. The van der Waals surface area contributed by atoms with Crippen LogP contribution in [0.1, 0.15) is 39.0 Å². The van der Waals surface area contributed by atoms with Crippen LogP contribution in [0.25, 0.3) is 0 Å². The SMILES string of the molecule is CCCCCCC(N)C(N)(N)C(N)(N)C(N)(N)N. The van der Waals surface area contributed by atoms with Gasteiger partial charge in [-0.3, -0.25) is 17.2 Å². The first-order chi connectivity index (χ1) is 7.98. The predicted molar refractivity (Wildman–Crippen MR) is 74.2 cm³/mol. The minimum absolute atomic E-state index is 0.583. The van der Waals surface area contributed by atoms with Crippen LogP contribution < -0.4 is 45.9 Å². The van der Waals surface area contributed by atoms with E-state index in [1.165, 1.54) is 0 Å². The van der Waals surface area contributed by atoms with Crippen LogP contribution >= 0.6 is 0 Å². The van der Waals surface area contributed by atoms with Crippen LogP contribution in [0.3, 0.4) is 0 Å². The smallest absolute Gasteiger partial charge is 0.151 e. The van der Waals surface area contributed by atoms with Crippen molar-refractivity contribution in [2.45, 2.75) is 62.2 Å². The van der Waals surface area contributed by atoms with E-state index in [0.29, 0.717) is 6.42 Å². The standard InChI is InChI=1S/C10H30N8/c1-2-3-4-5-6-7(11)8(12,13)9(14,15)10(16,17)18/h7H,2-6,11-18H2,1H3. The van der Waals surface area contributed by atoms with Crippen molar-refractivity contribution in [1.82, 2.24) is 0 Å². The Balaban J connectivity index is 4.61. The van der Waals surface area contributed by atoms with Gasteiger partial charge in [-0.05, 0) is 6.42 Å². The molecule has 0 fully saturated rings. The normalized spacial score (nSPS) is 15.8. The van der Waals surface area contributed by atoms with Gasteiger partial charge in [0.2, 0.25) is 0 Å². The molecule has 0 radical (unpaired) electrons. The van der Waals surface area contributed by atoms with Gasteiger partial charge in [-0.1, -0.05) is 32.6 Å². The fraction of sp³-hybridized carbons (Fsp3) is 1.00. The Morgan fingerprint density at radius 2 is 1.33 bits per heavy atom. The Morgan fingerprint density at radius 3 is 1.72 bits per heavy atom. The minimum Gasteiger partial charge on any atom is -0.325 e. The van der Waals surface area contributed by atoms with Gasteiger partial charge in [0.15, 0.2) is 5.79 Å². The zero-order valence-corrected chi connectivity index (χ0v) is 11.2. The molecule has 0 aromatic heterocycles. The molecule has 0 aromatic rings. The third kappa shape index (κ3) is 3.84. The minimum atomic E-state index is -1.92. The molecule has 0 bridgehead atoms. The highest BCUT2D eigenvalue weighted by Crippen LogP contribution is 2.18. The number of hydrogen-bond acceptors (Lipinski definition) is 8. The Labute approximate surface area is 109 Å². The largest absolute Gasteiger partial charge is 0.325 e. The van der Waals surface area contributed by atoms with E-state index < -0.39 is 23.2 Å². The monoisotopic (exact) mass is 262 g/mol. The molecule has 0 saturated heterocycles. The molecular weight excluding hydrogens is 232 g/mol. The van der Waals surface area contributed by atoms with E-state index >= 15 is 0 Å². The number of nitrogens with two attached hydrogens (primary N) is 8. The summed E-state index contributed by atoms with van der Waals surface area (Å²) in [5.74, 6) is -1.92. The molecule has 1 atom stereocenters. The molecule has 1 unspecified atom stereocenters. The lowest BCUT2D eigenvalue weighted by molar-refractivity contribution is 0.0985. The molecule has 0 amide bonds. The van der Waals surface area contributed by atoms with Gasteiger partial charge in [0, 0.05) is 6.04 Å². The Kier molecular flexibility index (Phi) is 6.11. The van der Waals surface area contributed by atoms with Crippen LogP contribution in [-0.4, -0.2) is 23.2 Å². The van der Waals surface area contributed by atoms with Crippen molar-refractivity contribution >= 4 is 0 Å². The summed E-state index contributed by atoms with van der Waals surface area (Å²) >= 11 is 0. The highest BCUT2D eigenvalue weighted by atomic mass is 15.3. The van der Waals surface area contributed by atoms with Crippen molar-refractivity contribution in [3.05, 3.63) is 0 Å². The molecule has 8 heteroatoms. The van der Waals surface area contributed by atoms with E-state index in [4.69, 9.17) is 45.9 Å². The van der Waals surface area contributed by atoms with Crippen LogP contribution in [0.5, 0.6) is 0 Å². The average molecular weight is 262 g/mol. The number of rotatable bonds is 8. The van der Waals surface area contributed by atoms with Crippen LogP contribution in [0.4, 0.5) is 0 Å². The van der Waals surface area contributed by atoms with Crippen molar-refractivity contribution in [2.24, 2.45) is 45.9 Å². The van der Waals surface area contributed by atoms with Gasteiger partial charge >= 0.3 is 0 Å². The lowest BCUT2D eigenvalue weighted by atomic mass is 9.82. The van der Waals surface area contributed by atoms with E-state index in [1.807, 2.05) is 0 Å². The molecule has 110 valence electrons. The maximum Gasteiger partial charge on any atom is 0.151 e. The molecule has 0 rings (SSSR count). The second-order valence-electron chi connectivity index (χ2n) is 5.19. The maximum atomic E-state index is 5.94. The third-order valence-electron chi connectivity index (χ3n) is 3.42. The summed E-state index contributed by atoms with van der Waals surface area (Å²) in [6, 6.07) is -0.639. The molecule has 0 spiro atoms. The molecular formula is C10H30N8. The summed E-state index contributed by atoms with van der Waals surface area (Å²) in [4.78, 5) is 0. The zero-order chi connectivity index (χ0) is 14.6. The summed E-state index contributed by atoms with van der Waals surface area (Å²) in [6.45, 7) is 2.12. The van der Waals surface area contributed by atoms with Gasteiger partial charge in [0.05, 0.1) is 0 Å². The molecule has 16 N–H and O–H groups in total. The van der Waals surface area contributed by atoms with Crippen LogP contribution in [0.2, 0.25) is 0 Å². The lowest BCUT2D eigenvalue weighted by Gasteiger charge is -2.49. The molecule has 18 heavy (non-hydrogen) atoms. The highest BCUT2D eigenvalue weighted by Gasteiger charge is 2.53. The summed E-state index contributed by atoms with van der Waals surface area (Å²) in [7, 11) is 0. The van der Waals surface area contributed by atoms with Crippen LogP contribution in [-0.2, 0) is 0 Å². The van der Waals surface area contributed by atoms with E-state index in [-0.39, 0.29) is 0 Å². The van der Waals surface area contributed by atoms with Crippen molar-refractivity contribution in [1.29, 1.82) is 0 Å². The van der Waals surface area contributed by atoms with Crippen molar-refractivity contribution in [3.8, 4) is 0 Å². The summed E-state index contributed by atoms with van der Waals surface area (Å²) in [6.07, 6.45) is 4.76. The number of unbranched alkanes of at least 4 members (excludes halogenated alkanes) is 3. The van der Waals surface area contributed by atoms with E-state index in [9.17, 15) is 0 Å². The molecule has 0 aliphatic rings. The zero-order valence-electron chi connectivity index (χ0n) is 11.2. The van der Waals surface area contributed by atoms with Gasteiger partial charge in [0.1, 0.15) is 11.3 Å². The second-order valence-corrected chi connectivity index (χ2v) is 5.19. The number of hydrogen-bond donors (Lipinski definition) is 8. The van der Waals surface area contributed by atoms with Gasteiger partial charge in [0.25, 0.3) is 0 Å². The van der Waals surface area contributed by atoms with Crippen molar-refractivity contribution in [2.75, 3.05) is 0 Å². The first-order valence-electron chi connectivity index (χ1n) is 6.26. The first-order valence-corrected chi connectivity index (χ1v) is 6.26. The molecule has 0 heterocycles. The Bertz CT molecular complexity index is 245.